The molecule has 0 aromatic carbocycles. The molecular formula is C11H17N3O. The zero-order valence-electron chi connectivity index (χ0n) is 8.94. The average molecular weight is 207 g/mol. The molecule has 0 bridgehead atoms. The number of nitrogens with one attached hydrogen (secondary N) is 1. The lowest BCUT2D eigenvalue weighted by molar-refractivity contribution is 0.0232. The fourth-order valence-electron chi connectivity index (χ4n) is 1.90. The Balaban J connectivity index is 1.96. The number of hydrogen-bond acceptors (Lipinski definition) is 4. The molecular weight excluding hydrogens is 190 g/mol. The second-order valence-electron chi connectivity index (χ2n) is 4.02. The van der Waals surface area contributed by atoms with Gasteiger partial charge in [-0.05, 0) is 25.8 Å². The summed E-state index contributed by atoms with van der Waals surface area (Å²) in [6.07, 6.45) is 4.16. The van der Waals surface area contributed by atoms with Gasteiger partial charge in [0.1, 0.15) is 5.82 Å². The lowest BCUT2D eigenvalue weighted by atomic mass is 10.0. The third-order valence-corrected chi connectivity index (χ3v) is 2.64. The molecule has 1 aromatic rings. The summed E-state index contributed by atoms with van der Waals surface area (Å²) in [5, 5.41) is 3.45. The van der Waals surface area contributed by atoms with E-state index in [0.29, 0.717) is 18.0 Å². The largest absolute Gasteiger partial charge is 0.384 e. The zero-order chi connectivity index (χ0) is 10.7. The molecule has 2 unspecified atom stereocenters. The van der Waals surface area contributed by atoms with Crippen molar-refractivity contribution < 1.29 is 4.74 Å². The summed E-state index contributed by atoms with van der Waals surface area (Å²) in [6, 6.07) is 4.28. The number of rotatable bonds is 2. The molecule has 3 N–H and O–H groups in total. The predicted molar refractivity (Wildman–Crippen MR) is 60.7 cm³/mol. The van der Waals surface area contributed by atoms with Gasteiger partial charge in [-0.2, -0.15) is 0 Å². The van der Waals surface area contributed by atoms with Crippen LogP contribution in [0.15, 0.2) is 18.3 Å². The Morgan fingerprint density at radius 3 is 3.20 bits per heavy atom. The minimum Gasteiger partial charge on any atom is -0.384 e. The highest BCUT2D eigenvalue weighted by atomic mass is 16.5. The van der Waals surface area contributed by atoms with E-state index >= 15 is 0 Å². The van der Waals surface area contributed by atoms with Gasteiger partial charge in [0.05, 0.1) is 6.10 Å². The molecule has 0 saturated carbocycles. The molecule has 0 amide bonds. The van der Waals surface area contributed by atoms with Crippen LogP contribution in [0.5, 0.6) is 0 Å². The van der Waals surface area contributed by atoms with Crippen molar-refractivity contribution in [2.45, 2.75) is 31.9 Å². The average Bonchev–Trinajstić information content (AvgIpc) is 2.17. The van der Waals surface area contributed by atoms with E-state index < -0.39 is 0 Å². The lowest BCUT2D eigenvalue weighted by Crippen LogP contribution is -2.32. The highest BCUT2D eigenvalue weighted by Crippen LogP contribution is 2.18. The molecule has 82 valence electrons. The van der Waals surface area contributed by atoms with Gasteiger partial charge < -0.3 is 15.8 Å². The maximum absolute atomic E-state index is 5.62. The Labute approximate surface area is 89.8 Å². The summed E-state index contributed by atoms with van der Waals surface area (Å²) < 4.78 is 5.49. The van der Waals surface area contributed by atoms with E-state index in [1.165, 1.54) is 0 Å². The molecule has 2 atom stereocenters. The van der Waals surface area contributed by atoms with Gasteiger partial charge in [0.15, 0.2) is 0 Å². The van der Waals surface area contributed by atoms with Gasteiger partial charge in [0, 0.05) is 30.6 Å². The number of pyridine rings is 1. The van der Waals surface area contributed by atoms with Crippen molar-refractivity contribution >= 4 is 11.5 Å². The smallest absolute Gasteiger partial charge is 0.125 e. The molecule has 1 aromatic heterocycles. The van der Waals surface area contributed by atoms with Gasteiger partial charge in [-0.15, -0.1) is 0 Å². The van der Waals surface area contributed by atoms with Crippen LogP contribution in [0.2, 0.25) is 0 Å². The molecule has 4 nitrogen and oxygen atoms in total. The van der Waals surface area contributed by atoms with Crippen LogP contribution in [0, 0.1) is 0 Å². The Morgan fingerprint density at radius 2 is 2.47 bits per heavy atom. The second kappa shape index (κ2) is 4.49. The summed E-state index contributed by atoms with van der Waals surface area (Å²) in [6.45, 7) is 2.94. The van der Waals surface area contributed by atoms with Crippen LogP contribution < -0.4 is 11.1 Å². The standard InChI is InChI=1S/C11H17N3O/c1-8-6-10(3-5-15-8)14-9-2-4-13-11(12)7-9/h2,4,7-8,10H,3,5-6H2,1H3,(H3,12,13,14). The fourth-order valence-corrected chi connectivity index (χ4v) is 1.90. The normalized spacial score (nSPS) is 26.2. The van der Waals surface area contributed by atoms with Crippen LogP contribution >= 0.6 is 0 Å². The molecule has 4 heteroatoms. The first kappa shape index (κ1) is 10.2. The Hall–Kier alpha value is -1.29. The molecule has 0 radical (unpaired) electrons. The molecule has 2 rings (SSSR count). The van der Waals surface area contributed by atoms with Gasteiger partial charge >= 0.3 is 0 Å². The van der Waals surface area contributed by atoms with E-state index in [1.54, 1.807) is 6.20 Å². The molecule has 1 aliphatic rings. The van der Waals surface area contributed by atoms with E-state index in [1.807, 2.05) is 12.1 Å². The van der Waals surface area contributed by atoms with Crippen LogP contribution in [-0.2, 0) is 4.74 Å². The topological polar surface area (TPSA) is 60.2 Å². The van der Waals surface area contributed by atoms with E-state index in [-0.39, 0.29) is 0 Å². The van der Waals surface area contributed by atoms with Crippen molar-refractivity contribution in [2.24, 2.45) is 0 Å². The third kappa shape index (κ3) is 2.83. The van der Waals surface area contributed by atoms with Gasteiger partial charge in [0.25, 0.3) is 0 Å². The number of anilines is 2. The Bertz CT molecular complexity index is 329. The second-order valence-corrected chi connectivity index (χ2v) is 4.02. The number of aromatic nitrogens is 1. The molecule has 0 aliphatic carbocycles. The highest BCUT2D eigenvalue weighted by molar-refractivity contribution is 5.50. The lowest BCUT2D eigenvalue weighted by Gasteiger charge is -2.28. The van der Waals surface area contributed by atoms with Crippen molar-refractivity contribution in [3.05, 3.63) is 18.3 Å². The minimum absolute atomic E-state index is 0.343. The van der Waals surface area contributed by atoms with Crippen LogP contribution in [0.4, 0.5) is 11.5 Å². The van der Waals surface area contributed by atoms with Crippen LogP contribution in [0.25, 0.3) is 0 Å². The third-order valence-electron chi connectivity index (χ3n) is 2.64. The first-order chi connectivity index (χ1) is 7.24. The van der Waals surface area contributed by atoms with Crippen molar-refractivity contribution in [1.82, 2.24) is 4.98 Å². The monoisotopic (exact) mass is 207 g/mol. The molecule has 15 heavy (non-hydrogen) atoms. The predicted octanol–water partition coefficient (Wildman–Crippen LogP) is 1.64. The number of nitrogen functional groups attached to an aromatic ring is 1. The molecule has 1 aliphatic heterocycles. The van der Waals surface area contributed by atoms with E-state index in [0.717, 1.165) is 25.1 Å². The number of nitrogens with zero attached hydrogens (tertiary/aromatic N) is 1. The van der Waals surface area contributed by atoms with Crippen LogP contribution in [-0.4, -0.2) is 23.7 Å². The van der Waals surface area contributed by atoms with Gasteiger partial charge in [-0.1, -0.05) is 0 Å². The van der Waals surface area contributed by atoms with E-state index in [4.69, 9.17) is 10.5 Å². The SMILES string of the molecule is CC1CC(Nc2ccnc(N)c2)CCO1. The Morgan fingerprint density at radius 1 is 1.60 bits per heavy atom. The van der Waals surface area contributed by atoms with Crippen molar-refractivity contribution in [3.63, 3.8) is 0 Å². The first-order valence-corrected chi connectivity index (χ1v) is 5.33. The van der Waals surface area contributed by atoms with Crippen LogP contribution in [0.3, 0.4) is 0 Å². The van der Waals surface area contributed by atoms with Gasteiger partial charge in [-0.25, -0.2) is 4.98 Å². The summed E-state index contributed by atoms with van der Waals surface area (Å²) in [5.41, 5.74) is 6.66. The minimum atomic E-state index is 0.343. The molecule has 2 heterocycles. The molecule has 0 spiro atoms. The molecule has 1 saturated heterocycles. The van der Waals surface area contributed by atoms with Gasteiger partial charge in [0.2, 0.25) is 0 Å². The van der Waals surface area contributed by atoms with Crippen molar-refractivity contribution in [2.75, 3.05) is 17.7 Å². The summed E-state index contributed by atoms with van der Waals surface area (Å²) in [7, 11) is 0. The number of hydrogen-bond donors (Lipinski definition) is 2. The number of nitrogens with two attached hydrogens (primary N) is 1. The zero-order valence-corrected chi connectivity index (χ0v) is 8.94. The molecule has 1 fully saturated rings. The van der Waals surface area contributed by atoms with E-state index in [9.17, 15) is 0 Å². The quantitative estimate of drug-likeness (QED) is 0.774. The van der Waals surface area contributed by atoms with E-state index in [2.05, 4.69) is 17.2 Å². The Kier molecular flexibility index (Phi) is 3.06. The highest BCUT2D eigenvalue weighted by Gasteiger charge is 2.18. The summed E-state index contributed by atoms with van der Waals surface area (Å²) >= 11 is 0. The van der Waals surface area contributed by atoms with Crippen molar-refractivity contribution in [1.29, 1.82) is 0 Å². The summed E-state index contributed by atoms with van der Waals surface area (Å²) in [5.74, 6) is 0.556. The summed E-state index contributed by atoms with van der Waals surface area (Å²) in [4.78, 5) is 3.96. The maximum atomic E-state index is 5.62. The van der Waals surface area contributed by atoms with Gasteiger partial charge in [-0.3, -0.25) is 0 Å². The number of ether oxygens (including phenoxy) is 1. The van der Waals surface area contributed by atoms with Crippen LogP contribution in [0.1, 0.15) is 19.8 Å². The maximum Gasteiger partial charge on any atom is 0.125 e. The van der Waals surface area contributed by atoms with Crippen molar-refractivity contribution in [3.8, 4) is 0 Å². The first-order valence-electron chi connectivity index (χ1n) is 5.33. The fraction of sp³-hybridized carbons (Fsp3) is 0.545.